The van der Waals surface area contributed by atoms with Gasteiger partial charge in [0.15, 0.2) is 10.8 Å². The maximum atomic E-state index is 13.7. The topological polar surface area (TPSA) is 175 Å². The number of aromatic nitrogens is 4. The summed E-state index contributed by atoms with van der Waals surface area (Å²) in [4.78, 5) is 67.4. The van der Waals surface area contributed by atoms with E-state index < -0.39 is 11.9 Å². The smallest absolute Gasteiger partial charge is 0.355 e. The second-order valence-electron chi connectivity index (χ2n) is 20.5. The summed E-state index contributed by atoms with van der Waals surface area (Å²) in [6.45, 7) is 10.4. The van der Waals surface area contributed by atoms with Gasteiger partial charge in [0.05, 0.1) is 33.4 Å². The number of carboxylic acids is 1. The number of nitrogens with zero attached hydrogens (tertiary/aromatic N) is 7. The number of aromatic carboxylic acids is 1. The third-order valence-corrected chi connectivity index (χ3v) is 16.5. The van der Waals surface area contributed by atoms with Gasteiger partial charge < -0.3 is 19.6 Å². The van der Waals surface area contributed by atoms with Crippen LogP contribution >= 0.6 is 11.3 Å². The fraction of sp³-hybridized carbons (Fsp3) is 0.386. The largest absolute Gasteiger partial charge is 0.490 e. The van der Waals surface area contributed by atoms with E-state index in [1.807, 2.05) is 96.3 Å². The Balaban J connectivity index is 0.672. The zero-order chi connectivity index (χ0) is 50.3. The molecule has 3 fully saturated rings. The second-order valence-corrected chi connectivity index (χ2v) is 21.5. The number of thiazole rings is 1. The molecule has 2 atom stereocenters. The van der Waals surface area contributed by atoms with E-state index in [-0.39, 0.29) is 29.5 Å². The number of hydrogen-bond acceptors (Lipinski definition) is 12. The van der Waals surface area contributed by atoms with Crippen molar-refractivity contribution in [3.8, 4) is 16.9 Å². The SMILES string of the molecule is Cc1c(OC2CCC(CC(C)CN3CCN(c4ccc5c(C6CCC(=O)NC6=O)nn(C)c5c4)CC3)CC2)cccc1-c1ccc(N2CCc3cccc(C(=O)Nc4nc5ccccc5s4)c3C2)nc1C(=O)O. The number of nitrogens with one attached hydrogen (secondary N) is 2. The highest BCUT2D eigenvalue weighted by atomic mass is 32.1. The number of rotatable bonds is 13. The van der Waals surface area contributed by atoms with Gasteiger partial charge in [0.25, 0.3) is 5.91 Å². The van der Waals surface area contributed by atoms with Crippen LogP contribution in [-0.2, 0) is 29.6 Å². The average molecular weight is 1000 g/mol. The van der Waals surface area contributed by atoms with E-state index in [2.05, 4.69) is 50.5 Å². The maximum absolute atomic E-state index is 13.7. The van der Waals surface area contributed by atoms with Crippen LogP contribution in [0, 0.1) is 18.8 Å². The molecule has 3 N–H and O–H groups in total. The van der Waals surface area contributed by atoms with E-state index >= 15 is 0 Å². The molecule has 4 aromatic carbocycles. The maximum Gasteiger partial charge on any atom is 0.355 e. The molecule has 1 saturated carbocycles. The lowest BCUT2D eigenvalue weighted by molar-refractivity contribution is -0.134. The van der Waals surface area contributed by atoms with E-state index in [9.17, 15) is 24.3 Å². The Hall–Kier alpha value is -7.17. The molecule has 16 heteroatoms. The molecule has 11 rings (SSSR count). The van der Waals surface area contributed by atoms with Crippen LogP contribution < -0.4 is 25.2 Å². The van der Waals surface area contributed by atoms with Crippen molar-refractivity contribution in [2.45, 2.75) is 83.8 Å². The van der Waals surface area contributed by atoms with Crippen molar-refractivity contribution >= 4 is 72.8 Å². The quantitative estimate of drug-likeness (QED) is 0.0936. The molecule has 73 heavy (non-hydrogen) atoms. The van der Waals surface area contributed by atoms with Gasteiger partial charge in [-0.05, 0) is 141 Å². The number of carbonyl (C=O) groups is 4. The minimum absolute atomic E-state index is 0.0204. The fourth-order valence-electron chi connectivity index (χ4n) is 11.7. The molecule has 3 aromatic heterocycles. The van der Waals surface area contributed by atoms with Crippen LogP contribution in [0.25, 0.3) is 32.2 Å². The van der Waals surface area contributed by atoms with E-state index in [4.69, 9.17) is 14.8 Å². The first-order valence-corrected chi connectivity index (χ1v) is 26.5. The molecule has 3 amide bonds. The van der Waals surface area contributed by atoms with Gasteiger partial charge in [-0.3, -0.25) is 34.6 Å². The molecule has 6 heterocycles. The van der Waals surface area contributed by atoms with Crippen molar-refractivity contribution in [1.29, 1.82) is 0 Å². The van der Waals surface area contributed by atoms with E-state index in [0.717, 1.165) is 119 Å². The molecule has 2 saturated heterocycles. The predicted molar refractivity (Wildman–Crippen MR) is 285 cm³/mol. The first-order chi connectivity index (χ1) is 35.4. The van der Waals surface area contributed by atoms with Crippen molar-refractivity contribution in [3.63, 3.8) is 0 Å². The normalized spacial score (nSPS) is 20.0. The van der Waals surface area contributed by atoms with E-state index in [0.29, 0.717) is 66.3 Å². The molecular formula is C57H61N9O6S. The second kappa shape index (κ2) is 20.4. The summed E-state index contributed by atoms with van der Waals surface area (Å²) in [5.41, 5.74) is 8.49. The van der Waals surface area contributed by atoms with Crippen LogP contribution in [0.2, 0.25) is 0 Å². The van der Waals surface area contributed by atoms with Crippen LogP contribution in [0.4, 0.5) is 16.6 Å². The summed E-state index contributed by atoms with van der Waals surface area (Å²) < 4.78 is 9.57. The number of amides is 3. The number of piperidine rings is 1. The first-order valence-electron chi connectivity index (χ1n) is 25.7. The van der Waals surface area contributed by atoms with Gasteiger partial charge in [-0.25, -0.2) is 14.8 Å². The van der Waals surface area contributed by atoms with Gasteiger partial charge >= 0.3 is 5.97 Å². The Labute approximate surface area is 428 Å². The van der Waals surface area contributed by atoms with E-state index in [1.54, 1.807) is 0 Å². The number of imide groups is 1. The zero-order valence-corrected chi connectivity index (χ0v) is 42.4. The van der Waals surface area contributed by atoms with Crippen molar-refractivity contribution in [2.75, 3.05) is 54.4 Å². The zero-order valence-electron chi connectivity index (χ0n) is 41.6. The lowest BCUT2D eigenvalue weighted by Crippen LogP contribution is -2.47. The number of aryl methyl sites for hydroxylation is 1. The number of hydrogen-bond donors (Lipinski definition) is 3. The van der Waals surface area contributed by atoms with Gasteiger partial charge in [0.2, 0.25) is 11.8 Å². The van der Waals surface area contributed by atoms with Gasteiger partial charge in [0.1, 0.15) is 11.6 Å². The highest BCUT2D eigenvalue weighted by molar-refractivity contribution is 7.22. The molecule has 3 aliphatic heterocycles. The number of pyridine rings is 1. The van der Waals surface area contributed by atoms with Gasteiger partial charge in [0, 0.05) is 81.5 Å². The van der Waals surface area contributed by atoms with Crippen molar-refractivity contribution in [2.24, 2.45) is 18.9 Å². The number of fused-ring (bicyclic) bond motifs is 3. The third-order valence-electron chi connectivity index (χ3n) is 15.6. The third kappa shape index (κ3) is 10.0. The van der Waals surface area contributed by atoms with Crippen LogP contribution in [0.3, 0.4) is 0 Å². The number of ether oxygens (including phenoxy) is 1. The minimum atomic E-state index is -1.10. The Morgan fingerprint density at radius 3 is 2.47 bits per heavy atom. The monoisotopic (exact) mass is 999 g/mol. The molecule has 0 bridgehead atoms. The van der Waals surface area contributed by atoms with Gasteiger partial charge in [-0.1, -0.05) is 54.7 Å². The van der Waals surface area contributed by atoms with Crippen molar-refractivity contribution < 1.29 is 29.0 Å². The summed E-state index contributed by atoms with van der Waals surface area (Å²) in [5, 5.41) is 22.3. The summed E-state index contributed by atoms with van der Waals surface area (Å²) in [7, 11) is 1.92. The number of anilines is 3. The summed E-state index contributed by atoms with van der Waals surface area (Å²) >= 11 is 1.44. The molecule has 2 unspecified atom stereocenters. The average Bonchev–Trinajstić information content (AvgIpc) is 3.96. The Morgan fingerprint density at radius 1 is 0.863 bits per heavy atom. The first kappa shape index (κ1) is 48.1. The van der Waals surface area contributed by atoms with Gasteiger partial charge in [-0.2, -0.15) is 5.10 Å². The van der Waals surface area contributed by atoms with Crippen LogP contribution in [0.15, 0.2) is 91.0 Å². The van der Waals surface area contributed by atoms with Crippen LogP contribution in [-0.4, -0.2) is 98.8 Å². The van der Waals surface area contributed by atoms with Crippen LogP contribution in [0.1, 0.15) is 101 Å². The standard InChI is InChI=1S/C57H61N9O6S/c1-34(32-64-26-28-65(29-27-64)38-16-19-43-47(31-38)63(3)62-52(43)44-21-23-51(67)60-55(44)69)30-36-14-17-39(18-15-36)72-48-12-7-9-40(35(48)2)41-20-22-50(59-53(41)56(70)71)66-25-24-37-8-6-10-42(45(37)33-66)54(68)61-57-58-46-11-4-5-13-49(46)73-57/h4-13,16,19-20,22,31,34,36,39,44H,14-15,17-18,21,23-30,32-33H2,1-3H3,(H,70,71)(H,58,61,68)(H,60,67,69). The van der Waals surface area contributed by atoms with Gasteiger partial charge in [-0.15, -0.1) is 0 Å². The number of benzene rings is 4. The minimum Gasteiger partial charge on any atom is -0.490 e. The fourth-order valence-corrected chi connectivity index (χ4v) is 12.6. The van der Waals surface area contributed by atoms with Crippen molar-refractivity contribution in [1.82, 2.24) is 30.0 Å². The molecular weight excluding hydrogens is 939 g/mol. The number of carboxylic acid groups (broad SMARTS) is 1. The molecule has 0 spiro atoms. The molecule has 4 aliphatic rings. The molecule has 376 valence electrons. The molecule has 1 aliphatic carbocycles. The highest BCUT2D eigenvalue weighted by Gasteiger charge is 2.33. The summed E-state index contributed by atoms with van der Waals surface area (Å²) in [6, 6.07) is 29.6. The number of para-hydroxylation sites is 1. The number of piperazine rings is 1. The van der Waals surface area contributed by atoms with Crippen LogP contribution in [0.5, 0.6) is 5.75 Å². The Morgan fingerprint density at radius 2 is 1.67 bits per heavy atom. The lowest BCUT2D eigenvalue weighted by atomic mass is 9.82. The van der Waals surface area contributed by atoms with E-state index in [1.165, 1.54) is 17.8 Å². The molecule has 7 aromatic rings. The lowest BCUT2D eigenvalue weighted by Gasteiger charge is -2.38. The Bertz CT molecular complexity index is 3230. The number of carbonyl (C=O) groups excluding carboxylic acids is 3. The van der Waals surface area contributed by atoms with Crippen molar-refractivity contribution in [3.05, 3.63) is 125 Å². The Kier molecular flexibility index (Phi) is 13.4. The predicted octanol–water partition coefficient (Wildman–Crippen LogP) is 9.37. The highest BCUT2D eigenvalue weighted by Crippen LogP contribution is 2.38. The summed E-state index contributed by atoms with van der Waals surface area (Å²) in [5.74, 6) is 0.339. The summed E-state index contributed by atoms with van der Waals surface area (Å²) in [6.07, 6.45) is 7.00. The molecule has 0 radical (unpaired) electrons. The molecule has 15 nitrogen and oxygen atoms in total.